The molecule has 0 saturated carbocycles. The lowest BCUT2D eigenvalue weighted by Crippen LogP contribution is -2.07. The fraction of sp³-hybridized carbons (Fsp3) is 0.0952. The van der Waals surface area contributed by atoms with Crippen LogP contribution in [0.1, 0.15) is 12.5 Å². The molecule has 4 rings (SSSR count). The molecule has 0 atom stereocenters. The summed E-state index contributed by atoms with van der Waals surface area (Å²) in [5.74, 6) is 0.975. The molecule has 2 amide bonds. The van der Waals surface area contributed by atoms with E-state index in [1.807, 2.05) is 47.8 Å². The van der Waals surface area contributed by atoms with Gasteiger partial charge in [-0.1, -0.05) is 18.2 Å². The van der Waals surface area contributed by atoms with Gasteiger partial charge in [0.25, 0.3) is 0 Å². The average Bonchev–Trinajstić information content (AvgIpc) is 3.35. The molecule has 2 heterocycles. The summed E-state index contributed by atoms with van der Waals surface area (Å²) in [6, 6.07) is 12.8. The van der Waals surface area contributed by atoms with E-state index in [0.717, 1.165) is 22.5 Å². The minimum Gasteiger partial charge on any atom is -0.454 e. The van der Waals surface area contributed by atoms with Crippen molar-refractivity contribution in [3.63, 3.8) is 0 Å². The molecule has 0 spiro atoms. The minimum atomic E-state index is -0.274. The van der Waals surface area contributed by atoms with E-state index in [0.29, 0.717) is 16.6 Å². The van der Waals surface area contributed by atoms with Gasteiger partial charge in [0.2, 0.25) is 18.6 Å². The van der Waals surface area contributed by atoms with Crippen LogP contribution >= 0.6 is 11.3 Å². The molecule has 3 aromatic rings. The second kappa shape index (κ2) is 8.15. The minimum absolute atomic E-state index is 0.120. The second-order valence-electron chi connectivity index (χ2n) is 6.23. The van der Waals surface area contributed by atoms with Gasteiger partial charge in [0.1, 0.15) is 0 Å². The van der Waals surface area contributed by atoms with Gasteiger partial charge in [-0.25, -0.2) is 4.98 Å². The normalized spacial score (nSPS) is 12.2. The van der Waals surface area contributed by atoms with Crippen molar-refractivity contribution >= 4 is 40.0 Å². The van der Waals surface area contributed by atoms with E-state index < -0.39 is 0 Å². The average molecular weight is 407 g/mol. The van der Waals surface area contributed by atoms with Crippen LogP contribution in [-0.4, -0.2) is 23.6 Å². The maximum absolute atomic E-state index is 12.2. The Morgan fingerprint density at radius 1 is 1.07 bits per heavy atom. The zero-order valence-electron chi connectivity index (χ0n) is 15.5. The Bertz CT molecular complexity index is 1090. The first-order valence-electron chi connectivity index (χ1n) is 8.79. The van der Waals surface area contributed by atoms with Crippen LogP contribution < -0.4 is 20.1 Å². The van der Waals surface area contributed by atoms with Crippen molar-refractivity contribution in [2.45, 2.75) is 6.92 Å². The number of fused-ring (bicyclic) bond motifs is 1. The molecule has 1 aromatic heterocycles. The Kier molecular flexibility index (Phi) is 5.26. The van der Waals surface area contributed by atoms with Gasteiger partial charge in [0.15, 0.2) is 16.6 Å². The molecular formula is C21H17N3O4S. The maximum Gasteiger partial charge on any atom is 0.250 e. The summed E-state index contributed by atoms with van der Waals surface area (Å²) in [5, 5.41) is 7.85. The quantitative estimate of drug-likeness (QED) is 0.620. The molecule has 1 aliphatic rings. The maximum atomic E-state index is 12.2. The van der Waals surface area contributed by atoms with E-state index in [-0.39, 0.29) is 18.6 Å². The fourth-order valence-corrected chi connectivity index (χ4v) is 3.45. The zero-order chi connectivity index (χ0) is 20.2. The van der Waals surface area contributed by atoms with Gasteiger partial charge in [0, 0.05) is 29.6 Å². The highest BCUT2D eigenvalue weighted by Gasteiger charge is 2.12. The van der Waals surface area contributed by atoms with Gasteiger partial charge in [-0.3, -0.25) is 14.9 Å². The van der Waals surface area contributed by atoms with Crippen molar-refractivity contribution in [2.75, 3.05) is 17.4 Å². The summed E-state index contributed by atoms with van der Waals surface area (Å²) < 4.78 is 10.6. The number of anilines is 2. The van der Waals surface area contributed by atoms with Crippen LogP contribution in [0.5, 0.6) is 11.5 Å². The van der Waals surface area contributed by atoms with Crippen molar-refractivity contribution in [1.82, 2.24) is 4.98 Å². The molecule has 0 radical (unpaired) electrons. The van der Waals surface area contributed by atoms with E-state index in [2.05, 4.69) is 15.6 Å². The predicted molar refractivity (Wildman–Crippen MR) is 112 cm³/mol. The van der Waals surface area contributed by atoms with Crippen LogP contribution in [0.15, 0.2) is 53.9 Å². The lowest BCUT2D eigenvalue weighted by atomic mass is 10.1. The number of rotatable bonds is 5. The third kappa shape index (κ3) is 4.61. The number of hydrogen-bond donors (Lipinski definition) is 2. The molecule has 8 heteroatoms. The van der Waals surface area contributed by atoms with Crippen LogP contribution in [0.25, 0.3) is 17.3 Å². The smallest absolute Gasteiger partial charge is 0.250 e. The molecule has 1 aliphatic heterocycles. The van der Waals surface area contributed by atoms with Crippen LogP contribution in [0.3, 0.4) is 0 Å². The Hall–Kier alpha value is -3.65. The number of carbonyl (C=O) groups is 2. The molecule has 0 fully saturated rings. The summed E-state index contributed by atoms with van der Waals surface area (Å²) in [6.07, 6.45) is 3.15. The molecule has 0 saturated heterocycles. The van der Waals surface area contributed by atoms with Crippen LogP contribution in [0, 0.1) is 0 Å². The first-order valence-corrected chi connectivity index (χ1v) is 9.67. The third-order valence-electron chi connectivity index (χ3n) is 4.06. The summed E-state index contributed by atoms with van der Waals surface area (Å²) in [6.45, 7) is 1.68. The largest absolute Gasteiger partial charge is 0.454 e. The summed E-state index contributed by atoms with van der Waals surface area (Å²) in [7, 11) is 0. The Morgan fingerprint density at radius 2 is 1.86 bits per heavy atom. The molecule has 0 aliphatic carbocycles. The summed E-state index contributed by atoms with van der Waals surface area (Å²) in [5.41, 5.74) is 3.20. The van der Waals surface area contributed by atoms with Crippen LogP contribution in [0.4, 0.5) is 10.8 Å². The number of thiazole rings is 1. The number of benzene rings is 2. The van der Waals surface area contributed by atoms with Crippen molar-refractivity contribution in [1.29, 1.82) is 0 Å². The Morgan fingerprint density at radius 3 is 2.66 bits per heavy atom. The van der Waals surface area contributed by atoms with Gasteiger partial charge in [-0.05, 0) is 35.9 Å². The topological polar surface area (TPSA) is 89.6 Å². The standard InChI is InChI=1S/C21H17N3O4S/c1-13(25)22-16-6-4-15(5-7-16)17-11-29-21(23-17)24-20(26)9-3-14-2-8-18-19(10-14)28-12-27-18/h2-11H,12H2,1H3,(H,22,25)(H,23,24,26)/b9-3+. The molecule has 0 bridgehead atoms. The van der Waals surface area contributed by atoms with Gasteiger partial charge < -0.3 is 14.8 Å². The lowest BCUT2D eigenvalue weighted by Gasteiger charge is -2.02. The fourth-order valence-electron chi connectivity index (χ4n) is 2.73. The monoisotopic (exact) mass is 407 g/mol. The number of ether oxygens (including phenoxy) is 2. The predicted octanol–water partition coefficient (Wildman–Crippen LogP) is 4.15. The molecular weight excluding hydrogens is 390 g/mol. The number of aromatic nitrogens is 1. The number of carbonyl (C=O) groups excluding carboxylic acids is 2. The summed E-state index contributed by atoms with van der Waals surface area (Å²) in [4.78, 5) is 27.7. The van der Waals surface area contributed by atoms with Crippen LogP contribution in [0.2, 0.25) is 0 Å². The highest BCUT2D eigenvalue weighted by Crippen LogP contribution is 2.32. The first kappa shape index (κ1) is 18.7. The van der Waals surface area contributed by atoms with Crippen molar-refractivity contribution < 1.29 is 19.1 Å². The van der Waals surface area contributed by atoms with E-state index in [1.165, 1.54) is 24.3 Å². The van der Waals surface area contributed by atoms with Gasteiger partial charge in [-0.2, -0.15) is 0 Å². The first-order chi connectivity index (χ1) is 14.1. The molecule has 146 valence electrons. The second-order valence-corrected chi connectivity index (χ2v) is 7.09. The van der Waals surface area contributed by atoms with E-state index >= 15 is 0 Å². The van der Waals surface area contributed by atoms with Gasteiger partial charge in [-0.15, -0.1) is 11.3 Å². The van der Waals surface area contributed by atoms with Gasteiger partial charge in [0.05, 0.1) is 5.69 Å². The highest BCUT2D eigenvalue weighted by atomic mass is 32.1. The highest BCUT2D eigenvalue weighted by molar-refractivity contribution is 7.14. The van der Waals surface area contributed by atoms with E-state index in [9.17, 15) is 9.59 Å². The Balaban J connectivity index is 1.38. The van der Waals surface area contributed by atoms with E-state index in [1.54, 1.807) is 6.08 Å². The number of nitrogens with zero attached hydrogens (tertiary/aromatic N) is 1. The number of nitrogens with one attached hydrogen (secondary N) is 2. The molecule has 2 N–H and O–H groups in total. The molecule has 29 heavy (non-hydrogen) atoms. The van der Waals surface area contributed by atoms with Crippen LogP contribution in [-0.2, 0) is 9.59 Å². The van der Waals surface area contributed by atoms with Crippen molar-refractivity contribution in [2.24, 2.45) is 0 Å². The summed E-state index contributed by atoms with van der Waals surface area (Å²) >= 11 is 1.34. The number of amides is 2. The van der Waals surface area contributed by atoms with E-state index in [4.69, 9.17) is 9.47 Å². The van der Waals surface area contributed by atoms with Crippen molar-refractivity contribution in [3.8, 4) is 22.8 Å². The molecule has 2 aromatic carbocycles. The zero-order valence-corrected chi connectivity index (χ0v) is 16.3. The number of hydrogen-bond acceptors (Lipinski definition) is 6. The Labute approximate surface area is 171 Å². The molecule has 0 unspecified atom stereocenters. The SMILES string of the molecule is CC(=O)Nc1ccc(-c2csc(NC(=O)/C=C/c3ccc4c(c3)OCO4)n2)cc1. The van der Waals surface area contributed by atoms with Crippen molar-refractivity contribution in [3.05, 3.63) is 59.5 Å². The third-order valence-corrected chi connectivity index (χ3v) is 4.82. The van der Waals surface area contributed by atoms with Gasteiger partial charge >= 0.3 is 0 Å². The molecule has 7 nitrogen and oxygen atoms in total. The lowest BCUT2D eigenvalue weighted by molar-refractivity contribution is -0.114.